The normalized spacial score (nSPS) is 21.2. The van der Waals surface area contributed by atoms with Gasteiger partial charge in [0.25, 0.3) is 0 Å². The third-order valence-corrected chi connectivity index (χ3v) is 9.12. The topological polar surface area (TPSA) is 80.8 Å². The highest BCUT2D eigenvalue weighted by Crippen LogP contribution is 2.62. The predicted octanol–water partition coefficient (Wildman–Crippen LogP) is 6.69. The molecular formula is C35H24BrNO5. The van der Waals surface area contributed by atoms with Crippen molar-refractivity contribution in [3.05, 3.63) is 135 Å². The molecule has 4 aromatic carbocycles. The van der Waals surface area contributed by atoms with Gasteiger partial charge in [0.05, 0.1) is 11.7 Å². The number of para-hydroxylation sites is 1. The maximum Gasteiger partial charge on any atom is 0.308 e. The van der Waals surface area contributed by atoms with Gasteiger partial charge in [-0.25, -0.2) is 0 Å². The van der Waals surface area contributed by atoms with E-state index >= 15 is 0 Å². The summed E-state index contributed by atoms with van der Waals surface area (Å²) in [6.07, 6.45) is 3.70. The zero-order chi connectivity index (χ0) is 29.2. The molecule has 3 aliphatic rings. The highest BCUT2D eigenvalue weighted by Gasteiger charge is 2.71. The summed E-state index contributed by atoms with van der Waals surface area (Å²) in [5.41, 5.74) is 1.44. The Labute approximate surface area is 250 Å². The Kier molecular flexibility index (Phi) is 6.10. The first-order chi connectivity index (χ1) is 20.3. The summed E-state index contributed by atoms with van der Waals surface area (Å²) in [6.45, 7) is 1.32. The summed E-state index contributed by atoms with van der Waals surface area (Å²) in [5, 5.41) is 0. The summed E-state index contributed by atoms with van der Waals surface area (Å²) < 4.78 is 6.51. The Balaban J connectivity index is 1.57. The molecule has 6 nitrogen and oxygen atoms in total. The first-order valence-electron chi connectivity index (χ1n) is 13.7. The van der Waals surface area contributed by atoms with Crippen molar-refractivity contribution in [2.75, 3.05) is 4.90 Å². The number of esters is 1. The maximum absolute atomic E-state index is 14.7. The van der Waals surface area contributed by atoms with Crippen LogP contribution in [0.15, 0.2) is 108 Å². The number of anilines is 1. The third kappa shape index (κ3) is 3.63. The number of rotatable bonds is 4. The van der Waals surface area contributed by atoms with E-state index in [0.717, 1.165) is 10.0 Å². The van der Waals surface area contributed by atoms with Crippen molar-refractivity contribution in [1.29, 1.82) is 0 Å². The molecule has 0 amide bonds. The quantitative estimate of drug-likeness (QED) is 0.110. The molecule has 1 spiro atoms. The fraction of sp³-hybridized carbons (Fsp3) is 0.143. The molecule has 4 aromatic rings. The van der Waals surface area contributed by atoms with Crippen molar-refractivity contribution in [2.24, 2.45) is 5.41 Å². The SMILES string of the molecule is CC(=O)Oc1cccc2c1N1[C@H](C(=O)c3ccccc3)[C@H](c3ccc(Br)cc3)C3(C(=O)c4ccccc4C3=O)[C@H]1C=C2. The number of Topliss-reactive ketones (excluding diaryl/α,β-unsaturated/α-hetero) is 3. The molecular weight excluding hydrogens is 594 g/mol. The van der Waals surface area contributed by atoms with Crippen LogP contribution in [0.1, 0.15) is 55.0 Å². The number of benzene rings is 4. The van der Waals surface area contributed by atoms with Crippen molar-refractivity contribution in [2.45, 2.75) is 24.9 Å². The van der Waals surface area contributed by atoms with Gasteiger partial charge in [-0.3, -0.25) is 19.2 Å². The van der Waals surface area contributed by atoms with E-state index in [-0.39, 0.29) is 23.1 Å². The van der Waals surface area contributed by atoms with E-state index in [1.807, 2.05) is 53.5 Å². The van der Waals surface area contributed by atoms with E-state index in [1.54, 1.807) is 60.7 Å². The largest absolute Gasteiger partial charge is 0.424 e. The van der Waals surface area contributed by atoms with Gasteiger partial charge in [0, 0.05) is 39.6 Å². The van der Waals surface area contributed by atoms with Gasteiger partial charge < -0.3 is 9.64 Å². The highest BCUT2D eigenvalue weighted by atomic mass is 79.9. The molecule has 1 aliphatic carbocycles. The van der Waals surface area contributed by atoms with Crippen molar-refractivity contribution in [1.82, 2.24) is 0 Å². The van der Waals surface area contributed by atoms with E-state index in [0.29, 0.717) is 27.9 Å². The van der Waals surface area contributed by atoms with Crippen molar-refractivity contribution in [3.8, 4) is 5.75 Å². The number of hydrogen-bond donors (Lipinski definition) is 0. The first kappa shape index (κ1) is 26.3. The number of halogens is 1. The van der Waals surface area contributed by atoms with Crippen LogP contribution < -0.4 is 9.64 Å². The minimum atomic E-state index is -1.63. The monoisotopic (exact) mass is 617 g/mol. The molecule has 2 aliphatic heterocycles. The predicted molar refractivity (Wildman–Crippen MR) is 162 cm³/mol. The average Bonchev–Trinajstić information content (AvgIpc) is 3.43. The second-order valence-electron chi connectivity index (χ2n) is 10.8. The van der Waals surface area contributed by atoms with Crippen LogP contribution in [0.25, 0.3) is 6.08 Å². The molecule has 0 saturated carbocycles. The Hall–Kier alpha value is -4.62. The van der Waals surface area contributed by atoms with Crippen molar-refractivity contribution in [3.63, 3.8) is 0 Å². The van der Waals surface area contributed by atoms with Crippen LogP contribution in [0.4, 0.5) is 5.69 Å². The minimum Gasteiger partial charge on any atom is -0.424 e. The number of ketones is 3. The number of carbonyl (C=O) groups excluding carboxylic acids is 4. The molecule has 7 heteroatoms. The van der Waals surface area contributed by atoms with Gasteiger partial charge in [-0.05, 0) is 23.8 Å². The molecule has 0 bridgehead atoms. The van der Waals surface area contributed by atoms with E-state index < -0.39 is 29.4 Å². The lowest BCUT2D eigenvalue weighted by atomic mass is 9.64. The lowest BCUT2D eigenvalue weighted by Crippen LogP contribution is -2.48. The molecule has 0 radical (unpaired) electrons. The molecule has 7 rings (SSSR count). The van der Waals surface area contributed by atoms with Crippen LogP contribution in [-0.4, -0.2) is 35.4 Å². The Morgan fingerprint density at radius 1 is 0.810 bits per heavy atom. The zero-order valence-corrected chi connectivity index (χ0v) is 24.1. The second-order valence-corrected chi connectivity index (χ2v) is 11.7. The smallest absolute Gasteiger partial charge is 0.308 e. The summed E-state index contributed by atoms with van der Waals surface area (Å²) in [4.78, 5) is 58.2. The number of ether oxygens (including phenoxy) is 1. The second kappa shape index (κ2) is 9.74. The number of fused-ring (bicyclic) bond motifs is 5. The Morgan fingerprint density at radius 3 is 2.10 bits per heavy atom. The van der Waals surface area contributed by atoms with Gasteiger partial charge in [0.15, 0.2) is 23.1 Å². The fourth-order valence-corrected chi connectivity index (χ4v) is 7.30. The standard InChI is InChI=1S/C35H24BrNO5/c1-20(38)42-27-13-7-10-22-16-19-28-35(33(40)25-11-5-6-12-26(25)34(35)41)29(21-14-17-24(36)18-15-21)31(37(28)30(22)27)32(39)23-8-3-2-4-9-23/h2-19,28-29,31H,1H3/t28-,29+,31+/m1/s1. The summed E-state index contributed by atoms with van der Waals surface area (Å²) >= 11 is 3.50. The first-order valence-corrected chi connectivity index (χ1v) is 14.4. The molecule has 1 fully saturated rings. The third-order valence-electron chi connectivity index (χ3n) is 8.60. The summed E-state index contributed by atoms with van der Waals surface area (Å²) in [5.74, 6) is -1.96. The summed E-state index contributed by atoms with van der Waals surface area (Å²) in [7, 11) is 0. The molecule has 1 saturated heterocycles. The van der Waals surface area contributed by atoms with Crippen LogP contribution in [0.2, 0.25) is 0 Å². The molecule has 3 atom stereocenters. The molecule has 206 valence electrons. The van der Waals surface area contributed by atoms with E-state index in [2.05, 4.69) is 15.9 Å². The van der Waals surface area contributed by atoms with Gasteiger partial charge in [0.1, 0.15) is 11.5 Å². The highest BCUT2D eigenvalue weighted by molar-refractivity contribution is 9.10. The van der Waals surface area contributed by atoms with E-state index in [9.17, 15) is 19.2 Å². The molecule has 0 aromatic heterocycles. The summed E-state index contributed by atoms with van der Waals surface area (Å²) in [6, 6.07) is 26.7. The van der Waals surface area contributed by atoms with E-state index in [1.165, 1.54) is 6.92 Å². The van der Waals surface area contributed by atoms with Crippen LogP contribution in [0.5, 0.6) is 5.75 Å². The zero-order valence-electron chi connectivity index (χ0n) is 22.5. The van der Waals surface area contributed by atoms with Gasteiger partial charge >= 0.3 is 5.97 Å². The average molecular weight is 618 g/mol. The Bertz CT molecular complexity index is 1790. The maximum atomic E-state index is 14.7. The number of nitrogens with zero attached hydrogens (tertiary/aromatic N) is 1. The van der Waals surface area contributed by atoms with Gasteiger partial charge in [-0.1, -0.05) is 107 Å². The molecule has 0 unspecified atom stereocenters. The molecule has 42 heavy (non-hydrogen) atoms. The van der Waals surface area contributed by atoms with E-state index in [4.69, 9.17) is 4.74 Å². The van der Waals surface area contributed by atoms with Crippen LogP contribution in [0.3, 0.4) is 0 Å². The molecule has 0 N–H and O–H groups in total. The number of hydrogen-bond acceptors (Lipinski definition) is 6. The van der Waals surface area contributed by atoms with Gasteiger partial charge in [0.2, 0.25) is 0 Å². The fourth-order valence-electron chi connectivity index (χ4n) is 7.04. The van der Waals surface area contributed by atoms with Crippen LogP contribution in [0, 0.1) is 5.41 Å². The van der Waals surface area contributed by atoms with Crippen molar-refractivity contribution >= 4 is 51.0 Å². The lowest BCUT2D eigenvalue weighted by molar-refractivity contribution is -0.131. The minimum absolute atomic E-state index is 0.235. The van der Waals surface area contributed by atoms with Crippen LogP contribution >= 0.6 is 15.9 Å². The van der Waals surface area contributed by atoms with Crippen LogP contribution in [-0.2, 0) is 4.79 Å². The van der Waals surface area contributed by atoms with Gasteiger partial charge in [-0.15, -0.1) is 0 Å². The molecule has 2 heterocycles. The number of carbonyl (C=O) groups is 4. The van der Waals surface area contributed by atoms with Crippen molar-refractivity contribution < 1.29 is 23.9 Å². The Morgan fingerprint density at radius 2 is 1.45 bits per heavy atom. The van der Waals surface area contributed by atoms with Gasteiger partial charge in [-0.2, -0.15) is 0 Å². The lowest BCUT2D eigenvalue weighted by Gasteiger charge is -2.37.